The van der Waals surface area contributed by atoms with E-state index in [1.807, 2.05) is 35.8 Å². The van der Waals surface area contributed by atoms with Crippen LogP contribution in [0.15, 0.2) is 52.1 Å². The summed E-state index contributed by atoms with van der Waals surface area (Å²) in [6.07, 6.45) is 0. The van der Waals surface area contributed by atoms with Gasteiger partial charge in [0.25, 0.3) is 0 Å². The van der Waals surface area contributed by atoms with Crippen molar-refractivity contribution in [3.63, 3.8) is 0 Å². The first-order valence-electron chi connectivity index (χ1n) is 8.08. The molecular formula is C18H16BrIN4O2S. The minimum atomic E-state index is -0.112. The first-order chi connectivity index (χ1) is 13.0. The molecule has 0 atom stereocenters. The number of carbonyl (C=O) groups excluding carboxylic acids is 1. The number of aromatic nitrogens is 3. The van der Waals surface area contributed by atoms with Crippen molar-refractivity contribution < 1.29 is 9.90 Å². The van der Waals surface area contributed by atoms with Gasteiger partial charge in [0.1, 0.15) is 5.75 Å². The van der Waals surface area contributed by atoms with E-state index in [1.54, 1.807) is 18.2 Å². The molecule has 0 unspecified atom stereocenters. The van der Waals surface area contributed by atoms with Gasteiger partial charge in [0.15, 0.2) is 11.0 Å². The zero-order chi connectivity index (χ0) is 19.4. The molecule has 27 heavy (non-hydrogen) atoms. The van der Waals surface area contributed by atoms with E-state index in [4.69, 9.17) is 0 Å². The number of anilines is 1. The van der Waals surface area contributed by atoms with Gasteiger partial charge in [-0.15, -0.1) is 10.2 Å². The highest BCUT2D eigenvalue weighted by Gasteiger charge is 2.17. The Balaban J connectivity index is 1.73. The van der Waals surface area contributed by atoms with Crippen LogP contribution in [0, 0.1) is 3.57 Å². The van der Waals surface area contributed by atoms with Gasteiger partial charge in [-0.3, -0.25) is 4.79 Å². The van der Waals surface area contributed by atoms with Gasteiger partial charge in [-0.25, -0.2) is 0 Å². The van der Waals surface area contributed by atoms with Crippen molar-refractivity contribution in [2.45, 2.75) is 18.6 Å². The molecule has 0 aliphatic carbocycles. The Labute approximate surface area is 183 Å². The number of halogens is 2. The highest BCUT2D eigenvalue weighted by atomic mass is 127. The lowest BCUT2D eigenvalue weighted by molar-refractivity contribution is -0.113. The lowest BCUT2D eigenvalue weighted by atomic mass is 10.2. The van der Waals surface area contributed by atoms with E-state index in [0.29, 0.717) is 23.1 Å². The Hall–Kier alpha value is -1.59. The van der Waals surface area contributed by atoms with E-state index >= 15 is 0 Å². The maximum absolute atomic E-state index is 12.2. The molecule has 0 saturated carbocycles. The lowest BCUT2D eigenvalue weighted by Gasteiger charge is -2.09. The molecule has 0 radical (unpaired) electrons. The van der Waals surface area contributed by atoms with Gasteiger partial charge in [0.2, 0.25) is 5.91 Å². The molecule has 1 amide bonds. The molecule has 2 N–H and O–H groups in total. The summed E-state index contributed by atoms with van der Waals surface area (Å²) in [6.45, 7) is 2.59. The van der Waals surface area contributed by atoms with E-state index in [1.165, 1.54) is 11.8 Å². The number of amides is 1. The van der Waals surface area contributed by atoms with Crippen LogP contribution in [0.25, 0.3) is 11.4 Å². The Bertz CT molecular complexity index is 980. The van der Waals surface area contributed by atoms with Crippen LogP contribution in [0.5, 0.6) is 5.75 Å². The molecule has 0 spiro atoms. The molecule has 2 aromatic carbocycles. The fraction of sp³-hybridized carbons (Fsp3) is 0.167. The summed E-state index contributed by atoms with van der Waals surface area (Å²) in [6, 6.07) is 12.8. The van der Waals surface area contributed by atoms with Gasteiger partial charge >= 0.3 is 0 Å². The van der Waals surface area contributed by atoms with Crippen LogP contribution >= 0.6 is 50.3 Å². The summed E-state index contributed by atoms with van der Waals surface area (Å²) in [4.78, 5) is 12.2. The Morgan fingerprint density at radius 2 is 2.11 bits per heavy atom. The second-order valence-electron chi connectivity index (χ2n) is 5.56. The molecular weight excluding hydrogens is 543 g/mol. The highest BCUT2D eigenvalue weighted by Crippen LogP contribution is 2.32. The molecule has 0 aliphatic rings. The molecule has 3 rings (SSSR count). The van der Waals surface area contributed by atoms with Crippen LogP contribution < -0.4 is 5.32 Å². The number of benzene rings is 2. The number of thioether (sulfide) groups is 1. The average molecular weight is 559 g/mol. The van der Waals surface area contributed by atoms with E-state index in [0.717, 1.165) is 13.7 Å². The van der Waals surface area contributed by atoms with Crippen LogP contribution in [0.1, 0.15) is 6.92 Å². The second-order valence-corrected chi connectivity index (χ2v) is 8.66. The van der Waals surface area contributed by atoms with Gasteiger partial charge in [-0.1, -0.05) is 33.8 Å². The van der Waals surface area contributed by atoms with Crippen LogP contribution in [0.3, 0.4) is 0 Å². The van der Waals surface area contributed by atoms with Crippen molar-refractivity contribution in [3.8, 4) is 17.1 Å². The number of carbonyl (C=O) groups is 1. The summed E-state index contributed by atoms with van der Waals surface area (Å²) in [7, 11) is 0. The topological polar surface area (TPSA) is 80.0 Å². The number of hydrogen-bond acceptors (Lipinski definition) is 5. The van der Waals surface area contributed by atoms with Crippen LogP contribution in [0.2, 0.25) is 0 Å². The number of phenolic OH excluding ortho intramolecular Hbond substituents is 1. The predicted octanol–water partition coefficient (Wildman–Crippen LogP) is 4.77. The zero-order valence-electron chi connectivity index (χ0n) is 14.3. The summed E-state index contributed by atoms with van der Waals surface area (Å²) in [5, 5.41) is 22.1. The van der Waals surface area contributed by atoms with E-state index < -0.39 is 0 Å². The number of nitrogens with one attached hydrogen (secondary N) is 1. The van der Waals surface area contributed by atoms with E-state index in [2.05, 4.69) is 54.0 Å². The predicted molar refractivity (Wildman–Crippen MR) is 119 cm³/mol. The number of phenols is 1. The number of hydrogen-bond donors (Lipinski definition) is 2. The number of rotatable bonds is 6. The summed E-state index contributed by atoms with van der Waals surface area (Å²) < 4.78 is 3.78. The van der Waals surface area contributed by atoms with Crippen LogP contribution in [0.4, 0.5) is 5.69 Å². The fourth-order valence-corrected chi connectivity index (χ4v) is 4.17. The van der Waals surface area contributed by atoms with Crippen LogP contribution in [-0.2, 0) is 11.3 Å². The Morgan fingerprint density at radius 1 is 1.30 bits per heavy atom. The van der Waals surface area contributed by atoms with Gasteiger partial charge < -0.3 is 15.0 Å². The Kier molecular flexibility index (Phi) is 6.77. The van der Waals surface area contributed by atoms with Crippen molar-refractivity contribution in [1.29, 1.82) is 0 Å². The average Bonchev–Trinajstić information content (AvgIpc) is 3.04. The maximum Gasteiger partial charge on any atom is 0.234 e. The maximum atomic E-state index is 12.2. The second kappa shape index (κ2) is 9.07. The fourth-order valence-electron chi connectivity index (χ4n) is 2.46. The van der Waals surface area contributed by atoms with Gasteiger partial charge in [-0.2, -0.15) is 0 Å². The number of nitrogens with zero attached hydrogens (tertiary/aromatic N) is 3. The SMILES string of the molecule is CCn1c(SCC(=O)Nc2cccc(I)c2)nnc1-c1cc(Br)ccc1O. The van der Waals surface area contributed by atoms with Crippen LogP contribution in [-0.4, -0.2) is 31.5 Å². The molecule has 9 heteroatoms. The molecule has 0 fully saturated rings. The third-order valence-electron chi connectivity index (χ3n) is 3.67. The van der Waals surface area contributed by atoms with Crippen molar-refractivity contribution >= 4 is 61.9 Å². The first-order valence-corrected chi connectivity index (χ1v) is 10.9. The third-order valence-corrected chi connectivity index (χ3v) is 5.80. The van der Waals surface area contributed by atoms with Gasteiger partial charge in [-0.05, 0) is 65.9 Å². The zero-order valence-corrected chi connectivity index (χ0v) is 18.9. The molecule has 140 valence electrons. The standard InChI is InChI=1S/C18H16BrIN4O2S/c1-2-24-17(14-8-11(19)6-7-15(14)25)22-23-18(24)27-10-16(26)21-13-5-3-4-12(20)9-13/h3-9,25H,2,10H2,1H3,(H,21,26). The molecule has 0 aliphatic heterocycles. The molecule has 1 aromatic heterocycles. The molecule has 3 aromatic rings. The highest BCUT2D eigenvalue weighted by molar-refractivity contribution is 14.1. The molecule has 0 bridgehead atoms. The van der Waals surface area contributed by atoms with Crippen molar-refractivity contribution in [3.05, 3.63) is 50.5 Å². The molecule has 0 saturated heterocycles. The quantitative estimate of drug-likeness (QED) is 0.336. The van der Waals surface area contributed by atoms with Gasteiger partial charge in [0.05, 0.1) is 11.3 Å². The minimum Gasteiger partial charge on any atom is -0.507 e. The minimum absolute atomic E-state index is 0.112. The number of aromatic hydroxyl groups is 1. The van der Waals surface area contributed by atoms with E-state index in [-0.39, 0.29) is 17.4 Å². The molecule has 1 heterocycles. The largest absolute Gasteiger partial charge is 0.507 e. The monoisotopic (exact) mass is 558 g/mol. The Morgan fingerprint density at radius 3 is 2.85 bits per heavy atom. The first kappa shape index (κ1) is 20.2. The van der Waals surface area contributed by atoms with Crippen molar-refractivity contribution in [2.24, 2.45) is 0 Å². The summed E-state index contributed by atoms with van der Waals surface area (Å²) in [5.41, 5.74) is 1.36. The smallest absolute Gasteiger partial charge is 0.234 e. The summed E-state index contributed by atoms with van der Waals surface area (Å²) >= 11 is 6.92. The van der Waals surface area contributed by atoms with Crippen molar-refractivity contribution in [2.75, 3.05) is 11.1 Å². The van der Waals surface area contributed by atoms with Crippen molar-refractivity contribution in [1.82, 2.24) is 14.8 Å². The normalized spacial score (nSPS) is 10.8. The summed E-state index contributed by atoms with van der Waals surface area (Å²) in [5.74, 6) is 0.804. The molecule has 6 nitrogen and oxygen atoms in total. The van der Waals surface area contributed by atoms with E-state index in [9.17, 15) is 9.90 Å². The lowest BCUT2D eigenvalue weighted by Crippen LogP contribution is -2.14. The van der Waals surface area contributed by atoms with Gasteiger partial charge in [0, 0.05) is 20.3 Å². The third kappa shape index (κ3) is 5.02.